The fourth-order valence-corrected chi connectivity index (χ4v) is 4.69. The van der Waals surface area contributed by atoms with Crippen molar-refractivity contribution >= 4 is 33.1 Å². The molecule has 7 heteroatoms. The lowest BCUT2D eigenvalue weighted by Gasteiger charge is -2.09. The molecule has 4 nitrogen and oxygen atoms in total. The summed E-state index contributed by atoms with van der Waals surface area (Å²) in [5, 5.41) is 3.50. The zero-order valence-electron chi connectivity index (χ0n) is 11.8. The molecule has 1 aromatic rings. The highest BCUT2D eigenvalue weighted by atomic mass is 32.2. The molecule has 110 valence electrons. The summed E-state index contributed by atoms with van der Waals surface area (Å²) < 4.78 is 27.1. The number of hydrogen-bond acceptors (Lipinski definition) is 5. The maximum absolute atomic E-state index is 12.2. The lowest BCUT2D eigenvalue weighted by molar-refractivity contribution is 0.579. The van der Waals surface area contributed by atoms with Gasteiger partial charge in [0.15, 0.2) is 0 Å². The Morgan fingerprint density at radius 3 is 2.74 bits per heavy atom. The van der Waals surface area contributed by atoms with Crippen molar-refractivity contribution in [2.75, 3.05) is 19.8 Å². The summed E-state index contributed by atoms with van der Waals surface area (Å²) in [6, 6.07) is 1.76. The van der Waals surface area contributed by atoms with Gasteiger partial charge < -0.3 is 5.32 Å². The Bertz CT molecular complexity index is 497. The number of aryl methyl sites for hydroxylation is 1. The molecular formula is C12H22N2O2S3. The fourth-order valence-electron chi connectivity index (χ4n) is 1.64. The van der Waals surface area contributed by atoms with Crippen molar-refractivity contribution in [3.05, 3.63) is 15.8 Å². The van der Waals surface area contributed by atoms with Crippen LogP contribution in [0.1, 0.15) is 23.1 Å². The summed E-state index contributed by atoms with van der Waals surface area (Å²) in [6.07, 6.45) is 2.87. The van der Waals surface area contributed by atoms with Gasteiger partial charge in [-0.3, -0.25) is 0 Å². The van der Waals surface area contributed by atoms with Gasteiger partial charge in [-0.1, -0.05) is 6.92 Å². The monoisotopic (exact) mass is 322 g/mol. The van der Waals surface area contributed by atoms with Crippen LogP contribution in [0, 0.1) is 6.92 Å². The quantitative estimate of drug-likeness (QED) is 0.770. The molecule has 0 aliphatic heterocycles. The number of nitrogens with one attached hydrogen (secondary N) is 2. The molecule has 1 atom stereocenters. The minimum Gasteiger partial charge on any atom is -0.315 e. The first-order chi connectivity index (χ1) is 8.90. The predicted molar refractivity (Wildman–Crippen MR) is 84.6 cm³/mol. The Morgan fingerprint density at radius 1 is 1.47 bits per heavy atom. The lowest BCUT2D eigenvalue weighted by Crippen LogP contribution is -2.26. The first kappa shape index (κ1) is 17.0. The zero-order valence-corrected chi connectivity index (χ0v) is 14.3. The topological polar surface area (TPSA) is 58.2 Å². The van der Waals surface area contributed by atoms with E-state index in [4.69, 9.17) is 0 Å². The highest BCUT2D eigenvalue weighted by Crippen LogP contribution is 2.25. The molecule has 0 fully saturated rings. The molecule has 0 aliphatic carbocycles. The summed E-state index contributed by atoms with van der Waals surface area (Å²) >= 11 is 3.27. The van der Waals surface area contributed by atoms with Crippen LogP contribution < -0.4 is 10.0 Å². The molecule has 0 aromatic carbocycles. The number of sulfonamides is 1. The van der Waals surface area contributed by atoms with Crippen LogP contribution >= 0.6 is 23.1 Å². The second kappa shape index (κ2) is 7.64. The van der Waals surface area contributed by atoms with Gasteiger partial charge in [-0.25, -0.2) is 13.1 Å². The molecule has 1 aromatic heterocycles. The van der Waals surface area contributed by atoms with Gasteiger partial charge in [0.05, 0.1) is 4.90 Å². The Morgan fingerprint density at radius 2 is 2.16 bits per heavy atom. The maximum Gasteiger partial charge on any atom is 0.241 e. The van der Waals surface area contributed by atoms with Crippen LogP contribution in [0.5, 0.6) is 0 Å². The van der Waals surface area contributed by atoms with E-state index in [1.54, 1.807) is 17.8 Å². The second-order valence-corrected chi connectivity index (χ2v) is 8.75. The normalized spacial score (nSPS) is 13.7. The van der Waals surface area contributed by atoms with E-state index < -0.39 is 10.0 Å². The largest absolute Gasteiger partial charge is 0.315 e. The zero-order chi connectivity index (χ0) is 14.5. The van der Waals surface area contributed by atoms with Gasteiger partial charge in [-0.2, -0.15) is 11.8 Å². The summed E-state index contributed by atoms with van der Waals surface area (Å²) in [7, 11) is -1.52. The first-order valence-corrected chi connectivity index (χ1v) is 9.75. The van der Waals surface area contributed by atoms with Gasteiger partial charge in [0.1, 0.15) is 0 Å². The molecule has 0 radical (unpaired) electrons. The van der Waals surface area contributed by atoms with E-state index in [0.717, 1.165) is 16.2 Å². The van der Waals surface area contributed by atoms with Crippen molar-refractivity contribution in [2.24, 2.45) is 0 Å². The Balaban J connectivity index is 2.71. The third kappa shape index (κ3) is 5.07. The molecule has 0 saturated carbocycles. The van der Waals surface area contributed by atoms with Gasteiger partial charge in [0.2, 0.25) is 10.0 Å². The van der Waals surface area contributed by atoms with Crippen LogP contribution in [0.2, 0.25) is 0 Å². The van der Waals surface area contributed by atoms with Crippen molar-refractivity contribution in [3.63, 3.8) is 0 Å². The van der Waals surface area contributed by atoms with Gasteiger partial charge in [-0.05, 0) is 32.7 Å². The molecular weight excluding hydrogens is 300 g/mol. The number of rotatable bonds is 8. The van der Waals surface area contributed by atoms with E-state index in [0.29, 0.717) is 23.2 Å². The summed E-state index contributed by atoms with van der Waals surface area (Å²) in [4.78, 5) is 2.30. The van der Waals surface area contributed by atoms with Crippen molar-refractivity contribution in [1.82, 2.24) is 10.0 Å². The molecule has 0 bridgehead atoms. The maximum atomic E-state index is 12.2. The van der Waals surface area contributed by atoms with Crippen LogP contribution in [-0.2, 0) is 16.6 Å². The third-order valence-corrected chi connectivity index (χ3v) is 6.62. The van der Waals surface area contributed by atoms with Crippen LogP contribution in [0.4, 0.5) is 0 Å². The smallest absolute Gasteiger partial charge is 0.241 e. The molecule has 0 amide bonds. The number of thiophene rings is 1. The average molecular weight is 323 g/mol. The Labute approximate surface area is 124 Å². The minimum atomic E-state index is -3.37. The van der Waals surface area contributed by atoms with Crippen LogP contribution in [0.3, 0.4) is 0 Å². The Kier molecular flexibility index (Phi) is 6.82. The predicted octanol–water partition coefficient (Wildman–Crippen LogP) is 2.20. The van der Waals surface area contributed by atoms with E-state index >= 15 is 0 Å². The van der Waals surface area contributed by atoms with Gasteiger partial charge in [-0.15, -0.1) is 11.3 Å². The standard InChI is InChI=1S/C12H22N2O2S3/c1-9(17-4)5-6-14-19(15,16)12-7-11(8-13-3)18-10(12)2/h7,9,13-14H,5-6,8H2,1-4H3. The summed E-state index contributed by atoms with van der Waals surface area (Å²) in [6.45, 7) is 5.13. The second-order valence-electron chi connectivity index (χ2n) is 4.40. The van der Waals surface area contributed by atoms with E-state index in [9.17, 15) is 8.42 Å². The third-order valence-electron chi connectivity index (χ3n) is 2.81. The van der Waals surface area contributed by atoms with E-state index in [1.165, 1.54) is 11.3 Å². The molecule has 1 unspecified atom stereocenters. The summed E-state index contributed by atoms with van der Waals surface area (Å²) in [5.74, 6) is 0. The van der Waals surface area contributed by atoms with Crippen LogP contribution in [0.15, 0.2) is 11.0 Å². The van der Waals surface area contributed by atoms with Gasteiger partial charge in [0, 0.05) is 28.1 Å². The first-order valence-electron chi connectivity index (χ1n) is 6.17. The minimum absolute atomic E-state index is 0.416. The van der Waals surface area contributed by atoms with E-state index in [-0.39, 0.29) is 0 Å². The molecule has 2 N–H and O–H groups in total. The number of thioether (sulfide) groups is 1. The van der Waals surface area contributed by atoms with E-state index in [1.807, 2.05) is 20.2 Å². The average Bonchev–Trinajstić information content (AvgIpc) is 2.71. The molecule has 0 spiro atoms. The fraction of sp³-hybridized carbons (Fsp3) is 0.667. The molecule has 19 heavy (non-hydrogen) atoms. The summed E-state index contributed by atoms with van der Waals surface area (Å²) in [5.41, 5.74) is 0. The highest BCUT2D eigenvalue weighted by Gasteiger charge is 2.19. The lowest BCUT2D eigenvalue weighted by atomic mass is 10.3. The Hall–Kier alpha value is -0.0800. The molecule has 0 saturated heterocycles. The molecule has 1 heterocycles. The van der Waals surface area contributed by atoms with Crippen molar-refractivity contribution < 1.29 is 8.42 Å². The molecule has 1 rings (SSSR count). The van der Waals surface area contributed by atoms with Crippen LogP contribution in [-0.4, -0.2) is 33.5 Å². The SMILES string of the molecule is CNCc1cc(S(=O)(=O)NCCC(C)SC)c(C)s1. The van der Waals surface area contributed by atoms with Gasteiger partial charge >= 0.3 is 0 Å². The van der Waals surface area contributed by atoms with Crippen molar-refractivity contribution in [3.8, 4) is 0 Å². The van der Waals surface area contributed by atoms with Gasteiger partial charge in [0.25, 0.3) is 0 Å². The highest BCUT2D eigenvalue weighted by molar-refractivity contribution is 7.99. The van der Waals surface area contributed by atoms with E-state index in [2.05, 4.69) is 17.0 Å². The molecule has 0 aliphatic rings. The number of hydrogen-bond donors (Lipinski definition) is 2. The van der Waals surface area contributed by atoms with Crippen molar-refractivity contribution in [2.45, 2.75) is 37.0 Å². The van der Waals surface area contributed by atoms with Crippen LogP contribution in [0.25, 0.3) is 0 Å². The van der Waals surface area contributed by atoms with Crippen molar-refractivity contribution in [1.29, 1.82) is 0 Å².